The van der Waals surface area contributed by atoms with Gasteiger partial charge in [-0.05, 0) is 29.7 Å². The van der Waals surface area contributed by atoms with Crippen molar-refractivity contribution in [3.05, 3.63) is 47.0 Å². The molecule has 4 nitrogen and oxygen atoms in total. The molecule has 0 aliphatic carbocycles. The Morgan fingerprint density at radius 2 is 2.19 bits per heavy atom. The fourth-order valence-electron chi connectivity index (χ4n) is 3.30. The molecule has 1 aromatic heterocycles. The number of fused-ring (bicyclic) bond motifs is 2. The van der Waals surface area contributed by atoms with E-state index in [1.165, 1.54) is 29.7 Å². The molecular weight excluding hydrogens is 280 g/mol. The van der Waals surface area contributed by atoms with Crippen molar-refractivity contribution in [2.24, 2.45) is 0 Å². The first-order chi connectivity index (χ1) is 10.4. The van der Waals surface area contributed by atoms with E-state index in [-0.39, 0.29) is 0 Å². The molecule has 0 unspecified atom stereocenters. The maximum atomic E-state index is 4.35. The molecular formula is C16H20N4S. The Morgan fingerprint density at radius 1 is 1.24 bits per heavy atom. The molecule has 0 fully saturated rings. The van der Waals surface area contributed by atoms with Crippen LogP contribution in [-0.2, 0) is 25.9 Å². The number of aryl methyl sites for hydroxylation is 2. The van der Waals surface area contributed by atoms with Crippen LogP contribution in [0, 0.1) is 0 Å². The van der Waals surface area contributed by atoms with Gasteiger partial charge in [0.25, 0.3) is 0 Å². The standard InChI is InChI=1S/C16H20N4S/c1-2-5-13-12(4-1)7-9-21-11-14(13)17-10-16-19-18-15-6-3-8-20(15)16/h1-2,4-5,14,17H,3,6-11H2/t14-/m0/s1. The Morgan fingerprint density at radius 3 is 3.19 bits per heavy atom. The van der Waals surface area contributed by atoms with Crippen LogP contribution in [0.1, 0.15) is 35.2 Å². The molecule has 2 aliphatic heterocycles. The van der Waals surface area contributed by atoms with Gasteiger partial charge in [-0.1, -0.05) is 24.3 Å². The zero-order valence-corrected chi connectivity index (χ0v) is 12.9. The molecule has 0 radical (unpaired) electrons. The summed E-state index contributed by atoms with van der Waals surface area (Å²) in [5.74, 6) is 4.60. The highest BCUT2D eigenvalue weighted by Crippen LogP contribution is 2.27. The average molecular weight is 300 g/mol. The molecule has 0 spiro atoms. The lowest BCUT2D eigenvalue weighted by molar-refractivity contribution is 0.543. The summed E-state index contributed by atoms with van der Waals surface area (Å²) in [5, 5.41) is 12.3. The molecule has 2 aromatic rings. The first-order valence-corrected chi connectivity index (χ1v) is 8.87. The highest BCUT2D eigenvalue weighted by Gasteiger charge is 2.21. The number of nitrogens with one attached hydrogen (secondary N) is 1. The number of thioether (sulfide) groups is 1. The molecule has 1 aromatic carbocycles. The number of benzene rings is 1. The largest absolute Gasteiger partial charge is 0.314 e. The molecule has 1 atom stereocenters. The summed E-state index contributed by atoms with van der Waals surface area (Å²) in [6.45, 7) is 1.89. The number of hydrogen-bond acceptors (Lipinski definition) is 4. The molecule has 0 amide bonds. The van der Waals surface area contributed by atoms with Gasteiger partial charge in [0.15, 0.2) is 0 Å². The van der Waals surface area contributed by atoms with E-state index in [0.29, 0.717) is 6.04 Å². The topological polar surface area (TPSA) is 42.7 Å². The molecule has 0 bridgehead atoms. The van der Waals surface area contributed by atoms with Gasteiger partial charge in [-0.15, -0.1) is 10.2 Å². The van der Waals surface area contributed by atoms with Crippen LogP contribution in [0.25, 0.3) is 0 Å². The fraction of sp³-hybridized carbons (Fsp3) is 0.500. The van der Waals surface area contributed by atoms with E-state index in [2.05, 4.69) is 44.3 Å². The van der Waals surface area contributed by atoms with Gasteiger partial charge in [0.1, 0.15) is 11.6 Å². The van der Waals surface area contributed by atoms with Crippen molar-refractivity contribution in [2.45, 2.75) is 38.4 Å². The Bertz CT molecular complexity index is 637. The van der Waals surface area contributed by atoms with Crippen LogP contribution in [0.15, 0.2) is 24.3 Å². The summed E-state index contributed by atoms with van der Waals surface area (Å²) in [4.78, 5) is 0. The van der Waals surface area contributed by atoms with Crippen molar-refractivity contribution in [2.75, 3.05) is 11.5 Å². The highest BCUT2D eigenvalue weighted by atomic mass is 32.2. The van der Waals surface area contributed by atoms with Crippen LogP contribution >= 0.6 is 11.8 Å². The predicted octanol–water partition coefficient (Wildman–Crippen LogP) is 2.34. The molecule has 1 N–H and O–H groups in total. The van der Waals surface area contributed by atoms with Crippen molar-refractivity contribution >= 4 is 11.8 Å². The summed E-state index contributed by atoms with van der Waals surface area (Å²) in [5.41, 5.74) is 2.95. The van der Waals surface area contributed by atoms with Crippen molar-refractivity contribution in [1.82, 2.24) is 20.1 Å². The molecule has 5 heteroatoms. The van der Waals surface area contributed by atoms with Gasteiger partial charge in [-0.3, -0.25) is 0 Å². The number of aromatic nitrogens is 3. The van der Waals surface area contributed by atoms with Crippen LogP contribution in [0.5, 0.6) is 0 Å². The molecule has 21 heavy (non-hydrogen) atoms. The second-order valence-electron chi connectivity index (χ2n) is 5.74. The normalized spacial score (nSPS) is 20.9. The van der Waals surface area contributed by atoms with Crippen LogP contribution in [-0.4, -0.2) is 26.3 Å². The Hall–Kier alpha value is -1.33. The van der Waals surface area contributed by atoms with Gasteiger partial charge >= 0.3 is 0 Å². The third-order valence-corrected chi connectivity index (χ3v) is 5.49. The first-order valence-electron chi connectivity index (χ1n) is 7.72. The SMILES string of the molecule is c1ccc2c(c1)CCSC[C@@H]2NCc1nnc2n1CCC2. The Labute approximate surface area is 129 Å². The minimum atomic E-state index is 0.419. The van der Waals surface area contributed by atoms with E-state index < -0.39 is 0 Å². The van der Waals surface area contributed by atoms with Gasteiger partial charge in [0.2, 0.25) is 0 Å². The molecule has 0 saturated carbocycles. The summed E-state index contributed by atoms with van der Waals surface area (Å²) < 4.78 is 2.28. The van der Waals surface area contributed by atoms with Gasteiger partial charge in [-0.25, -0.2) is 0 Å². The zero-order valence-electron chi connectivity index (χ0n) is 12.1. The van der Waals surface area contributed by atoms with Crippen LogP contribution < -0.4 is 5.32 Å². The number of rotatable bonds is 3. The second-order valence-corrected chi connectivity index (χ2v) is 6.89. The summed E-state index contributed by atoms with van der Waals surface area (Å²) >= 11 is 2.04. The van der Waals surface area contributed by atoms with Crippen molar-refractivity contribution in [1.29, 1.82) is 0 Å². The minimum absolute atomic E-state index is 0.419. The number of hydrogen-bond donors (Lipinski definition) is 1. The Balaban J connectivity index is 1.51. The summed E-state index contributed by atoms with van der Waals surface area (Å²) in [7, 11) is 0. The monoisotopic (exact) mass is 300 g/mol. The fourth-order valence-corrected chi connectivity index (χ4v) is 4.36. The van der Waals surface area contributed by atoms with Gasteiger partial charge in [0.05, 0.1) is 6.54 Å². The lowest BCUT2D eigenvalue weighted by atomic mass is 10.00. The van der Waals surface area contributed by atoms with Crippen molar-refractivity contribution in [3.8, 4) is 0 Å². The quantitative estimate of drug-likeness (QED) is 0.945. The molecule has 3 heterocycles. The molecule has 110 valence electrons. The van der Waals surface area contributed by atoms with E-state index in [0.717, 1.165) is 36.9 Å². The number of nitrogens with zero attached hydrogens (tertiary/aromatic N) is 3. The average Bonchev–Trinajstić information content (AvgIpc) is 3.05. The van der Waals surface area contributed by atoms with Crippen LogP contribution in [0.3, 0.4) is 0 Å². The summed E-state index contributed by atoms with van der Waals surface area (Å²) in [6, 6.07) is 9.26. The van der Waals surface area contributed by atoms with Gasteiger partial charge in [-0.2, -0.15) is 11.8 Å². The lowest BCUT2D eigenvalue weighted by Gasteiger charge is -2.18. The van der Waals surface area contributed by atoms with E-state index >= 15 is 0 Å². The van der Waals surface area contributed by atoms with E-state index in [9.17, 15) is 0 Å². The Kier molecular flexibility index (Phi) is 3.69. The summed E-state index contributed by atoms with van der Waals surface area (Å²) in [6.07, 6.45) is 3.47. The third kappa shape index (κ3) is 2.60. The maximum absolute atomic E-state index is 4.35. The first kappa shape index (κ1) is 13.3. The molecule has 4 rings (SSSR count). The zero-order chi connectivity index (χ0) is 14.1. The van der Waals surface area contributed by atoms with Crippen molar-refractivity contribution < 1.29 is 0 Å². The smallest absolute Gasteiger partial charge is 0.147 e. The highest BCUT2D eigenvalue weighted by molar-refractivity contribution is 7.99. The van der Waals surface area contributed by atoms with Crippen molar-refractivity contribution in [3.63, 3.8) is 0 Å². The maximum Gasteiger partial charge on any atom is 0.147 e. The second kappa shape index (κ2) is 5.81. The van der Waals surface area contributed by atoms with Crippen LogP contribution in [0.2, 0.25) is 0 Å². The van der Waals surface area contributed by atoms with E-state index in [1.807, 2.05) is 11.8 Å². The van der Waals surface area contributed by atoms with Gasteiger partial charge < -0.3 is 9.88 Å². The van der Waals surface area contributed by atoms with Gasteiger partial charge in [0, 0.05) is 24.8 Å². The minimum Gasteiger partial charge on any atom is -0.314 e. The lowest BCUT2D eigenvalue weighted by Crippen LogP contribution is -2.25. The molecule has 0 saturated heterocycles. The molecule has 2 aliphatic rings. The van der Waals surface area contributed by atoms with E-state index in [1.54, 1.807) is 0 Å². The van der Waals surface area contributed by atoms with Crippen LogP contribution in [0.4, 0.5) is 0 Å². The predicted molar refractivity (Wildman–Crippen MR) is 85.4 cm³/mol. The van der Waals surface area contributed by atoms with E-state index in [4.69, 9.17) is 0 Å². The third-order valence-electron chi connectivity index (χ3n) is 4.42.